The highest BCUT2D eigenvalue weighted by Crippen LogP contribution is 2.22. The van der Waals surface area contributed by atoms with Gasteiger partial charge in [-0.25, -0.2) is 9.78 Å². The van der Waals surface area contributed by atoms with Crippen molar-refractivity contribution in [1.29, 1.82) is 0 Å². The molecule has 0 aliphatic carbocycles. The van der Waals surface area contributed by atoms with Crippen LogP contribution in [0.15, 0.2) is 55.3 Å². The first-order valence-electron chi connectivity index (χ1n) is 8.41. The van der Waals surface area contributed by atoms with Crippen LogP contribution in [0.25, 0.3) is 16.7 Å². The van der Waals surface area contributed by atoms with Crippen LogP contribution < -0.4 is 10.6 Å². The molecule has 3 aromatic rings. The minimum absolute atomic E-state index is 0.261. The fourth-order valence-corrected chi connectivity index (χ4v) is 2.67. The second-order valence-electron chi connectivity index (χ2n) is 5.52. The lowest BCUT2D eigenvalue weighted by Gasteiger charge is -2.13. The second-order valence-corrected chi connectivity index (χ2v) is 5.93. The highest BCUT2D eigenvalue weighted by Gasteiger charge is 2.21. The number of aromatic nitrogens is 3. The van der Waals surface area contributed by atoms with Crippen molar-refractivity contribution in [3.63, 3.8) is 0 Å². The molecule has 0 bridgehead atoms. The molecule has 0 unspecified atom stereocenters. The predicted molar refractivity (Wildman–Crippen MR) is 109 cm³/mol. The first kappa shape index (κ1) is 18.5. The number of esters is 1. The molecule has 8 heteroatoms. The third-order valence-electron chi connectivity index (χ3n) is 3.70. The summed E-state index contributed by atoms with van der Waals surface area (Å²) in [4.78, 5) is 16.9. The summed E-state index contributed by atoms with van der Waals surface area (Å²) in [6, 6.07) is 11.5. The largest absolute Gasteiger partial charge is 0.462 e. The van der Waals surface area contributed by atoms with Crippen molar-refractivity contribution in [2.45, 2.75) is 6.92 Å². The molecule has 138 valence electrons. The van der Waals surface area contributed by atoms with Gasteiger partial charge < -0.3 is 15.4 Å². The fourth-order valence-electron chi connectivity index (χ4n) is 2.49. The number of anilines is 1. The Morgan fingerprint density at radius 1 is 1.33 bits per heavy atom. The SMILES string of the molecule is C=CCNC(=S)Nc1c(C(=O)OCC)cnn1-c1ccc2ccccc2n1. The second kappa shape index (κ2) is 8.41. The summed E-state index contributed by atoms with van der Waals surface area (Å²) >= 11 is 5.28. The number of pyridine rings is 1. The van der Waals surface area contributed by atoms with Gasteiger partial charge in [0, 0.05) is 11.9 Å². The summed E-state index contributed by atoms with van der Waals surface area (Å²) in [6.45, 7) is 6.14. The number of nitrogens with one attached hydrogen (secondary N) is 2. The normalized spacial score (nSPS) is 10.4. The van der Waals surface area contributed by atoms with Crippen molar-refractivity contribution in [3.05, 3.63) is 60.8 Å². The first-order valence-corrected chi connectivity index (χ1v) is 8.82. The van der Waals surface area contributed by atoms with Crippen molar-refractivity contribution >= 4 is 40.0 Å². The number of hydrogen-bond acceptors (Lipinski definition) is 5. The summed E-state index contributed by atoms with van der Waals surface area (Å²) in [5.41, 5.74) is 1.09. The summed E-state index contributed by atoms with van der Waals surface area (Å²) in [5.74, 6) is 0.453. The predicted octanol–water partition coefficient (Wildman–Crippen LogP) is 3.07. The number of rotatable bonds is 6. The molecule has 2 heterocycles. The molecular weight excluding hydrogens is 362 g/mol. The van der Waals surface area contributed by atoms with Crippen LogP contribution in [0.5, 0.6) is 0 Å². The third-order valence-corrected chi connectivity index (χ3v) is 3.95. The van der Waals surface area contributed by atoms with E-state index < -0.39 is 5.97 Å². The smallest absolute Gasteiger partial charge is 0.343 e. The van der Waals surface area contributed by atoms with Gasteiger partial charge in [-0.15, -0.1) is 6.58 Å². The molecule has 0 radical (unpaired) electrons. The van der Waals surface area contributed by atoms with E-state index in [2.05, 4.69) is 27.3 Å². The zero-order valence-electron chi connectivity index (χ0n) is 14.8. The first-order chi connectivity index (χ1) is 13.1. The van der Waals surface area contributed by atoms with E-state index in [0.29, 0.717) is 23.3 Å². The topological polar surface area (TPSA) is 81.1 Å². The molecule has 0 atom stereocenters. The van der Waals surface area contributed by atoms with Crippen LogP contribution in [0.3, 0.4) is 0 Å². The number of ether oxygens (including phenoxy) is 1. The Hall–Kier alpha value is -3.26. The fraction of sp³-hybridized carbons (Fsp3) is 0.158. The lowest BCUT2D eigenvalue weighted by Crippen LogP contribution is -2.30. The van der Waals surface area contributed by atoms with Gasteiger partial charge in [-0.3, -0.25) is 0 Å². The number of benzene rings is 1. The van der Waals surface area contributed by atoms with Crippen molar-refractivity contribution in [3.8, 4) is 5.82 Å². The summed E-state index contributed by atoms with van der Waals surface area (Å²) in [6.07, 6.45) is 3.12. The molecule has 0 spiro atoms. The summed E-state index contributed by atoms with van der Waals surface area (Å²) < 4.78 is 6.65. The number of hydrogen-bond donors (Lipinski definition) is 2. The maximum absolute atomic E-state index is 12.3. The lowest BCUT2D eigenvalue weighted by molar-refractivity contribution is 0.0527. The van der Waals surface area contributed by atoms with E-state index in [-0.39, 0.29) is 12.2 Å². The van der Waals surface area contributed by atoms with Crippen LogP contribution in [0.2, 0.25) is 0 Å². The molecule has 0 aliphatic rings. The van der Waals surface area contributed by atoms with Crippen molar-refractivity contribution in [2.75, 3.05) is 18.5 Å². The molecule has 1 aromatic carbocycles. The number of nitrogens with zero attached hydrogens (tertiary/aromatic N) is 3. The molecule has 2 N–H and O–H groups in total. The number of thiocarbonyl (C=S) groups is 1. The average Bonchev–Trinajstić information content (AvgIpc) is 3.09. The molecular formula is C19H19N5O2S. The molecule has 2 aromatic heterocycles. The molecule has 3 rings (SSSR count). The Morgan fingerprint density at radius 3 is 2.93 bits per heavy atom. The van der Waals surface area contributed by atoms with Gasteiger partial charge in [-0.2, -0.15) is 9.78 Å². The lowest BCUT2D eigenvalue weighted by atomic mass is 10.2. The van der Waals surface area contributed by atoms with Crippen molar-refractivity contribution in [1.82, 2.24) is 20.1 Å². The zero-order chi connectivity index (χ0) is 19.2. The molecule has 0 saturated carbocycles. The maximum atomic E-state index is 12.3. The molecule has 0 saturated heterocycles. The monoisotopic (exact) mass is 381 g/mol. The number of fused-ring (bicyclic) bond motifs is 1. The number of carbonyl (C=O) groups is 1. The molecule has 0 fully saturated rings. The van der Waals surface area contributed by atoms with Gasteiger partial charge in [0.15, 0.2) is 16.7 Å². The number of para-hydroxylation sites is 1. The van der Waals surface area contributed by atoms with E-state index in [1.807, 2.05) is 36.4 Å². The van der Waals surface area contributed by atoms with Crippen molar-refractivity contribution < 1.29 is 9.53 Å². The maximum Gasteiger partial charge on any atom is 0.343 e. The van der Waals surface area contributed by atoms with Gasteiger partial charge in [0.05, 0.1) is 18.3 Å². The molecule has 27 heavy (non-hydrogen) atoms. The molecule has 0 aliphatic heterocycles. The van der Waals surface area contributed by atoms with Crippen LogP contribution in [-0.2, 0) is 4.74 Å². The zero-order valence-corrected chi connectivity index (χ0v) is 15.6. The Balaban J connectivity index is 2.03. The van der Waals surface area contributed by atoms with Crippen LogP contribution in [0, 0.1) is 0 Å². The van der Waals surface area contributed by atoms with Gasteiger partial charge in [0.25, 0.3) is 0 Å². The highest BCUT2D eigenvalue weighted by molar-refractivity contribution is 7.80. The van der Waals surface area contributed by atoms with E-state index in [0.717, 1.165) is 10.9 Å². The number of carbonyl (C=O) groups excluding carboxylic acids is 1. The van der Waals surface area contributed by atoms with E-state index in [1.54, 1.807) is 13.0 Å². The Labute approximate surface area is 162 Å². The molecule has 0 amide bonds. The van der Waals surface area contributed by atoms with E-state index >= 15 is 0 Å². The van der Waals surface area contributed by atoms with Crippen LogP contribution in [-0.4, -0.2) is 39.0 Å². The highest BCUT2D eigenvalue weighted by atomic mass is 32.1. The quantitative estimate of drug-likeness (QED) is 0.386. The van der Waals surface area contributed by atoms with E-state index in [9.17, 15) is 4.79 Å². The van der Waals surface area contributed by atoms with E-state index in [1.165, 1.54) is 10.9 Å². The van der Waals surface area contributed by atoms with Gasteiger partial charge in [-0.05, 0) is 37.3 Å². The Bertz CT molecular complexity index is 999. The minimum Gasteiger partial charge on any atom is -0.462 e. The van der Waals surface area contributed by atoms with E-state index in [4.69, 9.17) is 17.0 Å². The van der Waals surface area contributed by atoms with Gasteiger partial charge in [-0.1, -0.05) is 24.3 Å². The molecule has 7 nitrogen and oxygen atoms in total. The van der Waals surface area contributed by atoms with Crippen LogP contribution in [0.1, 0.15) is 17.3 Å². The van der Waals surface area contributed by atoms with Crippen LogP contribution >= 0.6 is 12.2 Å². The summed E-state index contributed by atoms with van der Waals surface area (Å²) in [7, 11) is 0. The Kier molecular flexibility index (Phi) is 5.77. The third kappa shape index (κ3) is 4.12. The van der Waals surface area contributed by atoms with Crippen molar-refractivity contribution in [2.24, 2.45) is 0 Å². The Morgan fingerprint density at radius 2 is 2.15 bits per heavy atom. The average molecular weight is 381 g/mol. The van der Waals surface area contributed by atoms with Gasteiger partial charge in [0.2, 0.25) is 0 Å². The van der Waals surface area contributed by atoms with Gasteiger partial charge in [0.1, 0.15) is 5.56 Å². The summed E-state index contributed by atoms with van der Waals surface area (Å²) in [5, 5.41) is 11.6. The minimum atomic E-state index is -0.487. The standard InChI is InChI=1S/C19H19N5O2S/c1-3-11-20-19(27)23-17-14(18(25)26-4-2)12-21-24(17)16-10-9-13-7-5-6-8-15(13)22-16/h3,5-10,12H,1,4,11H2,2H3,(H2,20,23,27). The van der Waals surface area contributed by atoms with Gasteiger partial charge >= 0.3 is 5.97 Å². The van der Waals surface area contributed by atoms with Crippen LogP contribution in [0.4, 0.5) is 5.82 Å².